The van der Waals surface area contributed by atoms with E-state index in [1.165, 1.54) is 6.20 Å². The molecule has 2 N–H and O–H groups in total. The molecule has 3 rings (SSSR count). The molecule has 0 aliphatic carbocycles. The number of hydrogen-bond acceptors (Lipinski definition) is 7. The first-order valence-electron chi connectivity index (χ1n) is 9.71. The monoisotopic (exact) mass is 523 g/mol. The number of benzene rings is 1. The van der Waals surface area contributed by atoms with Crippen LogP contribution in [-0.4, -0.2) is 40.2 Å². The summed E-state index contributed by atoms with van der Waals surface area (Å²) in [5, 5.41) is 8.23. The topological polar surface area (TPSA) is 89.0 Å². The predicted octanol–water partition coefficient (Wildman–Crippen LogP) is 5.60. The molecule has 0 unspecified atom stereocenters. The maximum absolute atomic E-state index is 12.7. The standard InChI is InChI=1S/C21H24BrClN5O2P/c1-4-30-20-17(10-9-14(25-20)11-12-22)27-21-24-13-15(23)19(28-21)26-16-7-5-6-8-18(16)31(2,3)29/h5-10,13H,4,11-12H2,1-3H3,(H2,24,26,27,28). The summed E-state index contributed by atoms with van der Waals surface area (Å²) in [6.45, 7) is 5.84. The molecule has 0 amide bonds. The molecule has 0 atom stereocenters. The number of anilines is 4. The predicted molar refractivity (Wildman–Crippen MR) is 132 cm³/mol. The lowest BCUT2D eigenvalue weighted by Gasteiger charge is -2.16. The van der Waals surface area contributed by atoms with Crippen LogP contribution in [0.25, 0.3) is 0 Å². The maximum Gasteiger partial charge on any atom is 0.238 e. The third-order valence-corrected chi connectivity index (χ3v) is 6.50. The quantitative estimate of drug-likeness (QED) is 0.278. The van der Waals surface area contributed by atoms with E-state index in [2.05, 4.69) is 41.5 Å². The molecule has 164 valence electrons. The molecule has 2 heterocycles. The molecule has 0 aliphatic heterocycles. The smallest absolute Gasteiger partial charge is 0.238 e. The number of para-hydroxylation sites is 1. The van der Waals surface area contributed by atoms with Crippen molar-refractivity contribution in [2.24, 2.45) is 0 Å². The van der Waals surface area contributed by atoms with E-state index in [9.17, 15) is 4.57 Å². The van der Waals surface area contributed by atoms with E-state index in [4.69, 9.17) is 16.3 Å². The van der Waals surface area contributed by atoms with Gasteiger partial charge < -0.3 is 19.9 Å². The van der Waals surface area contributed by atoms with E-state index >= 15 is 0 Å². The molecule has 10 heteroatoms. The zero-order valence-corrected chi connectivity index (χ0v) is 20.8. The maximum atomic E-state index is 12.7. The molecule has 0 saturated heterocycles. The van der Waals surface area contributed by atoms with E-state index in [1.807, 2.05) is 43.3 Å². The average molecular weight is 525 g/mol. The fourth-order valence-electron chi connectivity index (χ4n) is 2.87. The van der Waals surface area contributed by atoms with Gasteiger partial charge in [-0.25, -0.2) is 9.97 Å². The molecule has 0 aliphatic rings. The first-order valence-corrected chi connectivity index (χ1v) is 13.8. The van der Waals surface area contributed by atoms with Crippen LogP contribution in [0.3, 0.4) is 0 Å². The third-order valence-electron chi connectivity index (χ3n) is 4.28. The highest BCUT2D eigenvalue weighted by Crippen LogP contribution is 2.38. The van der Waals surface area contributed by atoms with Crippen LogP contribution in [0.4, 0.5) is 23.1 Å². The summed E-state index contributed by atoms with van der Waals surface area (Å²) in [5.41, 5.74) is 2.27. The van der Waals surface area contributed by atoms with Crippen molar-refractivity contribution in [1.82, 2.24) is 15.0 Å². The van der Waals surface area contributed by atoms with Gasteiger partial charge in [-0.2, -0.15) is 4.98 Å². The Hall–Kier alpha value is -2.15. The van der Waals surface area contributed by atoms with Crippen molar-refractivity contribution in [3.8, 4) is 5.88 Å². The Morgan fingerprint density at radius 1 is 1.10 bits per heavy atom. The highest BCUT2D eigenvalue weighted by Gasteiger charge is 2.17. The lowest BCUT2D eigenvalue weighted by molar-refractivity contribution is 0.328. The number of aryl methyl sites for hydroxylation is 1. The second-order valence-electron chi connectivity index (χ2n) is 7.04. The zero-order chi connectivity index (χ0) is 22.4. The summed E-state index contributed by atoms with van der Waals surface area (Å²) < 4.78 is 18.3. The van der Waals surface area contributed by atoms with Crippen molar-refractivity contribution in [1.29, 1.82) is 0 Å². The summed E-state index contributed by atoms with van der Waals surface area (Å²) in [6.07, 6.45) is 2.30. The number of alkyl halides is 1. The summed E-state index contributed by atoms with van der Waals surface area (Å²) in [5.74, 6) is 1.22. The average Bonchev–Trinajstić information content (AvgIpc) is 2.72. The van der Waals surface area contributed by atoms with Crippen LogP contribution >= 0.6 is 34.7 Å². The summed E-state index contributed by atoms with van der Waals surface area (Å²) >= 11 is 9.75. The SMILES string of the molecule is CCOc1nc(CCBr)ccc1Nc1ncc(Cl)c(Nc2ccccc2P(C)(C)=O)n1. The van der Waals surface area contributed by atoms with Crippen molar-refractivity contribution >= 4 is 63.1 Å². The minimum absolute atomic E-state index is 0.330. The van der Waals surface area contributed by atoms with Gasteiger partial charge in [0.1, 0.15) is 17.9 Å². The molecule has 0 radical (unpaired) electrons. The normalized spacial score (nSPS) is 11.3. The second kappa shape index (κ2) is 10.4. The van der Waals surface area contributed by atoms with Gasteiger partial charge in [0.05, 0.1) is 18.5 Å². The van der Waals surface area contributed by atoms with Crippen LogP contribution in [0.5, 0.6) is 5.88 Å². The minimum atomic E-state index is -2.49. The van der Waals surface area contributed by atoms with Crippen LogP contribution in [0.15, 0.2) is 42.6 Å². The van der Waals surface area contributed by atoms with Gasteiger partial charge >= 0.3 is 0 Å². The Morgan fingerprint density at radius 3 is 2.58 bits per heavy atom. The van der Waals surface area contributed by atoms with E-state index < -0.39 is 7.14 Å². The van der Waals surface area contributed by atoms with Crippen molar-refractivity contribution in [3.05, 3.63) is 53.3 Å². The molecule has 0 saturated carbocycles. The Bertz CT molecular complexity index is 1110. The number of rotatable bonds is 9. The molecule has 7 nitrogen and oxygen atoms in total. The third kappa shape index (κ3) is 6.19. The van der Waals surface area contributed by atoms with Gasteiger partial charge in [-0.15, -0.1) is 0 Å². The molecule has 0 fully saturated rings. The van der Waals surface area contributed by atoms with E-state index in [0.29, 0.717) is 40.7 Å². The molecule has 31 heavy (non-hydrogen) atoms. The lowest BCUT2D eigenvalue weighted by Crippen LogP contribution is -2.11. The van der Waals surface area contributed by atoms with Crippen LogP contribution in [0, 0.1) is 0 Å². The molecule has 0 bridgehead atoms. The number of halogens is 2. The van der Waals surface area contributed by atoms with Gasteiger partial charge in [-0.1, -0.05) is 39.7 Å². The van der Waals surface area contributed by atoms with Crippen molar-refractivity contribution in [2.45, 2.75) is 13.3 Å². The van der Waals surface area contributed by atoms with Crippen LogP contribution in [-0.2, 0) is 11.0 Å². The number of ether oxygens (including phenoxy) is 1. The lowest BCUT2D eigenvalue weighted by atomic mass is 10.3. The van der Waals surface area contributed by atoms with E-state index in [0.717, 1.165) is 22.7 Å². The Labute approximate surface area is 195 Å². The van der Waals surface area contributed by atoms with Gasteiger partial charge in [0, 0.05) is 16.3 Å². The van der Waals surface area contributed by atoms with Crippen molar-refractivity contribution < 1.29 is 9.30 Å². The van der Waals surface area contributed by atoms with Crippen LogP contribution < -0.4 is 20.7 Å². The molecule has 0 spiro atoms. The van der Waals surface area contributed by atoms with Gasteiger partial charge in [0.2, 0.25) is 11.8 Å². The second-order valence-corrected chi connectivity index (χ2v) is 11.4. The molecular formula is C21H24BrClN5O2P. The summed E-state index contributed by atoms with van der Waals surface area (Å²) in [7, 11) is -2.49. The Morgan fingerprint density at radius 2 is 1.87 bits per heavy atom. The molecule has 3 aromatic rings. The minimum Gasteiger partial charge on any atom is -0.476 e. The van der Waals surface area contributed by atoms with E-state index in [-0.39, 0.29) is 0 Å². The molecule has 2 aromatic heterocycles. The number of hydrogen-bond donors (Lipinski definition) is 2. The Balaban J connectivity index is 1.90. The number of nitrogens with one attached hydrogen (secondary N) is 2. The largest absolute Gasteiger partial charge is 0.476 e. The highest BCUT2D eigenvalue weighted by atomic mass is 79.9. The van der Waals surface area contributed by atoms with Crippen molar-refractivity contribution in [2.75, 3.05) is 35.9 Å². The first kappa shape index (κ1) is 23.5. The van der Waals surface area contributed by atoms with Gasteiger partial charge in [-0.05, 0) is 50.9 Å². The van der Waals surface area contributed by atoms with Gasteiger partial charge in [0.25, 0.3) is 0 Å². The first-order chi connectivity index (χ1) is 14.8. The fourth-order valence-corrected chi connectivity index (χ4v) is 4.57. The molecule has 1 aromatic carbocycles. The summed E-state index contributed by atoms with van der Waals surface area (Å²) in [4.78, 5) is 13.3. The van der Waals surface area contributed by atoms with Crippen LogP contribution in [0.2, 0.25) is 5.02 Å². The van der Waals surface area contributed by atoms with E-state index in [1.54, 1.807) is 13.3 Å². The van der Waals surface area contributed by atoms with Gasteiger partial charge in [-0.3, -0.25) is 0 Å². The van der Waals surface area contributed by atoms with Crippen molar-refractivity contribution in [3.63, 3.8) is 0 Å². The number of nitrogens with zero attached hydrogens (tertiary/aromatic N) is 3. The zero-order valence-electron chi connectivity index (χ0n) is 17.5. The molecular weight excluding hydrogens is 501 g/mol. The van der Waals surface area contributed by atoms with Crippen LogP contribution in [0.1, 0.15) is 12.6 Å². The Kier molecular flexibility index (Phi) is 7.92. The number of aromatic nitrogens is 3. The highest BCUT2D eigenvalue weighted by molar-refractivity contribution is 9.09. The van der Waals surface area contributed by atoms with Gasteiger partial charge in [0.15, 0.2) is 5.82 Å². The fraction of sp³-hybridized carbons (Fsp3) is 0.286. The number of pyridine rings is 1. The summed E-state index contributed by atoms with van der Waals surface area (Å²) in [6, 6.07) is 11.2.